The molecule has 6 heteroatoms. The van der Waals surface area contributed by atoms with Crippen LogP contribution in [0.2, 0.25) is 0 Å². The number of rotatable bonds is 4. The van der Waals surface area contributed by atoms with E-state index >= 15 is 0 Å². The largest absolute Gasteiger partial charge is 0.465 e. The van der Waals surface area contributed by atoms with E-state index in [2.05, 4.69) is 15.0 Å². The van der Waals surface area contributed by atoms with Gasteiger partial charge in [0.2, 0.25) is 0 Å². The Hall–Kier alpha value is -2.21. The van der Waals surface area contributed by atoms with E-state index in [4.69, 9.17) is 0 Å². The van der Waals surface area contributed by atoms with Crippen molar-refractivity contribution in [1.29, 1.82) is 0 Å². The van der Waals surface area contributed by atoms with Gasteiger partial charge in [0.1, 0.15) is 0 Å². The van der Waals surface area contributed by atoms with Crippen LogP contribution in [0.15, 0.2) is 29.6 Å². The lowest BCUT2D eigenvalue weighted by atomic mass is 10.1. The Morgan fingerprint density at radius 2 is 2.10 bits per heavy atom. The zero-order valence-corrected chi connectivity index (χ0v) is 12.0. The van der Waals surface area contributed by atoms with Crippen molar-refractivity contribution in [3.8, 4) is 0 Å². The third-order valence-corrected chi connectivity index (χ3v) is 3.46. The minimum absolute atomic E-state index is 0.249. The number of nitrogens with one attached hydrogen (secondary N) is 1. The average Bonchev–Trinajstić information content (AvgIpc) is 2.89. The fourth-order valence-electron chi connectivity index (χ4n) is 1.67. The van der Waals surface area contributed by atoms with Crippen molar-refractivity contribution in [2.75, 3.05) is 7.11 Å². The molecule has 0 aliphatic heterocycles. The van der Waals surface area contributed by atoms with Crippen LogP contribution < -0.4 is 5.32 Å². The summed E-state index contributed by atoms with van der Waals surface area (Å²) in [6.07, 6.45) is 0. The highest BCUT2D eigenvalue weighted by atomic mass is 32.1. The van der Waals surface area contributed by atoms with Crippen molar-refractivity contribution in [2.45, 2.75) is 13.5 Å². The Kier molecular flexibility index (Phi) is 4.47. The zero-order valence-electron chi connectivity index (χ0n) is 11.2. The summed E-state index contributed by atoms with van der Waals surface area (Å²) in [7, 11) is 1.31. The molecule has 20 heavy (non-hydrogen) atoms. The van der Waals surface area contributed by atoms with Gasteiger partial charge < -0.3 is 10.1 Å². The molecule has 1 N–H and O–H groups in total. The zero-order chi connectivity index (χ0) is 14.5. The number of carbonyl (C=O) groups is 2. The summed E-state index contributed by atoms with van der Waals surface area (Å²) in [4.78, 5) is 27.7. The molecule has 0 spiro atoms. The van der Waals surface area contributed by atoms with Gasteiger partial charge in [0, 0.05) is 10.9 Å². The number of nitrogens with zero attached hydrogens (tertiary/aromatic N) is 1. The van der Waals surface area contributed by atoms with Gasteiger partial charge in [-0.05, 0) is 25.1 Å². The maximum Gasteiger partial charge on any atom is 0.337 e. The van der Waals surface area contributed by atoms with Crippen LogP contribution in [0.4, 0.5) is 0 Å². The molecule has 2 rings (SSSR count). The van der Waals surface area contributed by atoms with Crippen LogP contribution in [-0.2, 0) is 11.3 Å². The SMILES string of the molecule is COC(=O)c1cccc(C(=O)NCc2csc(C)n2)c1. The van der Waals surface area contributed by atoms with Crippen molar-refractivity contribution in [3.05, 3.63) is 51.5 Å². The Labute approximate surface area is 120 Å². The van der Waals surface area contributed by atoms with Crippen LogP contribution in [0.3, 0.4) is 0 Å². The van der Waals surface area contributed by atoms with Gasteiger partial charge in [-0.25, -0.2) is 9.78 Å². The quantitative estimate of drug-likeness (QED) is 0.876. The Bertz CT molecular complexity index is 637. The fraction of sp³-hybridized carbons (Fsp3) is 0.214. The number of methoxy groups -OCH3 is 1. The molecule has 1 aromatic carbocycles. The van der Waals surface area contributed by atoms with Crippen LogP contribution in [0, 0.1) is 6.92 Å². The van der Waals surface area contributed by atoms with E-state index in [0.29, 0.717) is 17.7 Å². The van der Waals surface area contributed by atoms with E-state index in [9.17, 15) is 9.59 Å². The second kappa shape index (κ2) is 6.29. The van der Waals surface area contributed by atoms with Gasteiger partial charge in [0.25, 0.3) is 5.91 Å². The Balaban J connectivity index is 2.03. The molecule has 0 aliphatic rings. The minimum Gasteiger partial charge on any atom is -0.465 e. The third kappa shape index (κ3) is 3.42. The smallest absolute Gasteiger partial charge is 0.337 e. The first-order chi connectivity index (χ1) is 9.60. The summed E-state index contributed by atoms with van der Waals surface area (Å²) in [5.74, 6) is -0.712. The molecule has 0 bridgehead atoms. The number of thiazole rings is 1. The highest BCUT2D eigenvalue weighted by Gasteiger charge is 2.10. The summed E-state index contributed by atoms with van der Waals surface area (Å²) in [5, 5.41) is 5.63. The molecule has 1 aromatic heterocycles. The molecule has 5 nitrogen and oxygen atoms in total. The van der Waals surface area contributed by atoms with Crippen LogP contribution in [0.25, 0.3) is 0 Å². The first-order valence-electron chi connectivity index (χ1n) is 5.97. The molecule has 0 unspecified atom stereocenters. The van der Waals surface area contributed by atoms with Gasteiger partial charge in [-0.3, -0.25) is 4.79 Å². The van der Waals surface area contributed by atoms with Gasteiger partial charge in [0.15, 0.2) is 0 Å². The molecule has 0 saturated carbocycles. The number of benzene rings is 1. The molecular formula is C14H14N2O3S. The van der Waals surface area contributed by atoms with E-state index < -0.39 is 5.97 Å². The molecular weight excluding hydrogens is 276 g/mol. The predicted molar refractivity (Wildman–Crippen MR) is 75.8 cm³/mol. The Morgan fingerprint density at radius 3 is 2.75 bits per heavy atom. The van der Waals surface area contributed by atoms with Crippen molar-refractivity contribution in [2.24, 2.45) is 0 Å². The monoisotopic (exact) mass is 290 g/mol. The maximum atomic E-state index is 12.0. The lowest BCUT2D eigenvalue weighted by molar-refractivity contribution is 0.0600. The van der Waals surface area contributed by atoms with Crippen molar-refractivity contribution < 1.29 is 14.3 Å². The van der Waals surface area contributed by atoms with Gasteiger partial charge in [-0.2, -0.15) is 0 Å². The molecule has 0 radical (unpaired) electrons. The van der Waals surface area contributed by atoms with Crippen LogP contribution in [-0.4, -0.2) is 24.0 Å². The second-order valence-corrected chi connectivity index (χ2v) is 5.18. The van der Waals surface area contributed by atoms with Crippen LogP contribution in [0.5, 0.6) is 0 Å². The maximum absolute atomic E-state index is 12.0. The van der Waals surface area contributed by atoms with Gasteiger partial charge >= 0.3 is 5.97 Å². The summed E-state index contributed by atoms with van der Waals surface area (Å²) < 4.78 is 4.62. The van der Waals surface area contributed by atoms with Crippen LogP contribution >= 0.6 is 11.3 Å². The van der Waals surface area contributed by atoms with E-state index in [1.54, 1.807) is 18.2 Å². The van der Waals surface area contributed by atoms with Gasteiger partial charge in [0.05, 0.1) is 29.9 Å². The number of esters is 1. The molecule has 104 valence electrons. The molecule has 2 aromatic rings. The van der Waals surface area contributed by atoms with Crippen molar-refractivity contribution in [1.82, 2.24) is 10.3 Å². The standard InChI is InChI=1S/C14H14N2O3S/c1-9-16-12(8-20-9)7-15-13(17)10-4-3-5-11(6-10)14(18)19-2/h3-6,8H,7H2,1-2H3,(H,15,17). The van der Waals surface area contributed by atoms with Gasteiger partial charge in [-0.1, -0.05) is 6.07 Å². The number of hydrogen-bond donors (Lipinski definition) is 1. The number of aromatic nitrogens is 1. The normalized spacial score (nSPS) is 10.1. The fourth-order valence-corrected chi connectivity index (χ4v) is 2.28. The second-order valence-electron chi connectivity index (χ2n) is 4.11. The first-order valence-corrected chi connectivity index (χ1v) is 6.85. The van der Waals surface area contributed by atoms with Gasteiger partial charge in [-0.15, -0.1) is 11.3 Å². The van der Waals surface area contributed by atoms with E-state index in [0.717, 1.165) is 10.7 Å². The molecule has 0 saturated heterocycles. The highest BCUT2D eigenvalue weighted by molar-refractivity contribution is 7.09. The summed E-state index contributed by atoms with van der Waals surface area (Å²) in [6.45, 7) is 2.28. The summed E-state index contributed by atoms with van der Waals surface area (Å²) in [5.41, 5.74) is 1.59. The first kappa shape index (κ1) is 14.2. The highest BCUT2D eigenvalue weighted by Crippen LogP contribution is 2.09. The molecule has 1 heterocycles. The summed E-state index contributed by atoms with van der Waals surface area (Å²) in [6, 6.07) is 6.40. The topological polar surface area (TPSA) is 68.3 Å². The predicted octanol–water partition coefficient (Wildman–Crippen LogP) is 2.17. The molecule has 0 fully saturated rings. The number of ether oxygens (including phenoxy) is 1. The summed E-state index contributed by atoms with van der Waals surface area (Å²) >= 11 is 1.54. The van der Waals surface area contributed by atoms with Crippen molar-refractivity contribution in [3.63, 3.8) is 0 Å². The van der Waals surface area contributed by atoms with Crippen molar-refractivity contribution >= 4 is 23.2 Å². The Morgan fingerprint density at radius 1 is 1.35 bits per heavy atom. The lowest BCUT2D eigenvalue weighted by Gasteiger charge is -2.05. The molecule has 0 atom stereocenters. The average molecular weight is 290 g/mol. The van der Waals surface area contributed by atoms with Crippen LogP contribution in [0.1, 0.15) is 31.4 Å². The lowest BCUT2D eigenvalue weighted by Crippen LogP contribution is -2.23. The third-order valence-electron chi connectivity index (χ3n) is 2.64. The number of hydrogen-bond acceptors (Lipinski definition) is 5. The number of amides is 1. The molecule has 0 aliphatic carbocycles. The van der Waals surface area contributed by atoms with E-state index in [1.807, 2.05) is 12.3 Å². The number of aryl methyl sites for hydroxylation is 1. The van der Waals surface area contributed by atoms with E-state index in [-0.39, 0.29) is 5.91 Å². The van der Waals surface area contributed by atoms with E-state index in [1.165, 1.54) is 24.5 Å². The molecule has 1 amide bonds. The minimum atomic E-state index is -0.463. The number of carbonyl (C=O) groups excluding carboxylic acids is 2.